The van der Waals surface area contributed by atoms with E-state index in [0.29, 0.717) is 70.4 Å². The van der Waals surface area contributed by atoms with Crippen molar-refractivity contribution in [3.63, 3.8) is 0 Å². The second kappa shape index (κ2) is 3.74. The first-order chi connectivity index (χ1) is 15.4. The molecule has 15 atom stereocenters. The molecule has 15 unspecified atom stereocenters. The van der Waals surface area contributed by atoms with E-state index in [9.17, 15) is 0 Å². The monoisotopic (exact) mass is 458 g/mol. The predicted octanol–water partition coefficient (Wildman–Crippen LogP) is 8.60. The molecule has 0 aromatic heterocycles. The van der Waals surface area contributed by atoms with E-state index in [1.807, 2.05) is 0 Å². The molecule has 12 saturated carbocycles. The van der Waals surface area contributed by atoms with Gasteiger partial charge in [0.15, 0.2) is 0 Å². The maximum atomic E-state index is 2.97. The lowest BCUT2D eigenvalue weighted by Gasteiger charge is -2.86. The van der Waals surface area contributed by atoms with E-state index in [4.69, 9.17) is 0 Å². The van der Waals surface area contributed by atoms with Crippen molar-refractivity contribution >= 4 is 0 Å². The fourth-order valence-corrected chi connectivity index (χ4v) is 21.6. The van der Waals surface area contributed by atoms with Crippen molar-refractivity contribution in [3.8, 4) is 0 Å². The van der Waals surface area contributed by atoms with Gasteiger partial charge in [0.25, 0.3) is 0 Å². The van der Waals surface area contributed by atoms with Crippen LogP contribution in [0.2, 0.25) is 0 Å². The van der Waals surface area contributed by atoms with Crippen LogP contribution < -0.4 is 0 Å². The van der Waals surface area contributed by atoms with Crippen LogP contribution in [-0.2, 0) is 0 Å². The third-order valence-corrected chi connectivity index (χ3v) is 22.1. The Hall–Kier alpha value is 0. The molecular weight excluding hydrogens is 408 g/mol. The van der Waals surface area contributed by atoms with Gasteiger partial charge >= 0.3 is 0 Å². The predicted molar refractivity (Wildman–Crippen MR) is 137 cm³/mol. The van der Waals surface area contributed by atoms with Crippen LogP contribution >= 0.6 is 0 Å². The summed E-state index contributed by atoms with van der Waals surface area (Å²) in [5.74, 6) is 3.93. The smallest absolute Gasteiger partial charge is 0.00741 e. The van der Waals surface area contributed by atoms with Crippen LogP contribution in [0.15, 0.2) is 0 Å². The SMILES string of the molecule is CC1C2C3CC45CC36C(C)(C)C(C)(C3(C)CC47C4(C)CC(C)(C4(C)C)C37C)C23CC1(C)C(C)C563. The van der Waals surface area contributed by atoms with E-state index in [-0.39, 0.29) is 0 Å². The Labute approximate surface area is 209 Å². The second-order valence-corrected chi connectivity index (χ2v) is 19.3. The van der Waals surface area contributed by atoms with Crippen LogP contribution in [0.1, 0.15) is 115 Å². The van der Waals surface area contributed by atoms with Gasteiger partial charge in [0.1, 0.15) is 0 Å². The zero-order valence-electron chi connectivity index (χ0n) is 24.3. The number of fused-ring (bicyclic) bond motifs is 2. The van der Waals surface area contributed by atoms with Gasteiger partial charge in [-0.2, -0.15) is 0 Å². The Morgan fingerprint density at radius 1 is 0.588 bits per heavy atom. The highest BCUT2D eigenvalue weighted by Gasteiger charge is 3.18. The molecule has 12 fully saturated rings. The number of hydrogen-bond donors (Lipinski definition) is 0. The van der Waals surface area contributed by atoms with Crippen LogP contribution in [0.25, 0.3) is 0 Å². The van der Waals surface area contributed by atoms with Crippen LogP contribution in [0.5, 0.6) is 0 Å². The molecule has 0 aromatic rings. The summed E-state index contributed by atoms with van der Waals surface area (Å²) in [7, 11) is 0. The van der Waals surface area contributed by atoms with Crippen molar-refractivity contribution in [2.45, 2.75) is 115 Å². The van der Waals surface area contributed by atoms with Gasteiger partial charge in [-0.3, -0.25) is 0 Å². The van der Waals surface area contributed by atoms with Gasteiger partial charge in [-0.05, 0) is 126 Å². The molecule has 186 valence electrons. The summed E-state index contributed by atoms with van der Waals surface area (Å²) in [5, 5.41) is 0. The van der Waals surface area contributed by atoms with Crippen LogP contribution in [0.4, 0.5) is 0 Å². The molecule has 12 rings (SSSR count). The Morgan fingerprint density at radius 2 is 1.24 bits per heavy atom. The maximum Gasteiger partial charge on any atom is -0.00741 e. The first kappa shape index (κ1) is 20.0. The fourth-order valence-electron chi connectivity index (χ4n) is 21.6. The minimum absolute atomic E-state index is 0.467. The second-order valence-electron chi connectivity index (χ2n) is 19.3. The average molecular weight is 459 g/mol. The molecule has 0 heteroatoms. The van der Waals surface area contributed by atoms with Crippen molar-refractivity contribution in [1.29, 1.82) is 0 Å². The minimum atomic E-state index is 0.467. The van der Waals surface area contributed by atoms with Crippen molar-refractivity contribution in [2.24, 2.45) is 94.1 Å². The maximum absolute atomic E-state index is 2.97. The molecule has 11 bridgehead atoms. The van der Waals surface area contributed by atoms with Crippen molar-refractivity contribution < 1.29 is 0 Å². The van der Waals surface area contributed by atoms with E-state index in [0.717, 1.165) is 23.7 Å². The van der Waals surface area contributed by atoms with E-state index in [1.165, 1.54) is 6.42 Å². The summed E-state index contributed by atoms with van der Waals surface area (Å²) in [4.78, 5) is 0. The van der Waals surface area contributed by atoms with E-state index in [2.05, 4.69) is 83.1 Å². The van der Waals surface area contributed by atoms with Crippen molar-refractivity contribution in [2.75, 3.05) is 0 Å². The lowest BCUT2D eigenvalue weighted by Crippen LogP contribution is -2.81. The number of hydrogen-bond acceptors (Lipinski definition) is 0. The lowest BCUT2D eigenvalue weighted by molar-refractivity contribution is -0.392. The third kappa shape index (κ3) is 0.826. The quantitative estimate of drug-likeness (QED) is 0.341. The summed E-state index contributed by atoms with van der Waals surface area (Å²) in [5.41, 5.74) is 7.11. The molecule has 0 radical (unpaired) electrons. The van der Waals surface area contributed by atoms with E-state index in [1.54, 1.807) is 25.7 Å². The molecule has 0 amide bonds. The highest BCUT2D eigenvalue weighted by molar-refractivity contribution is 5.64. The standard InChI is InChI=1S/C34H50/c1-18-21-20-13-30-17-31(20)23(5,6)28(11,32(21)14-24(18,7)19(2)34(30,31)32)27(10)16-33(30)26(9)15-25(8,22(26,3)4)29(27,33)12/h18-21H,13-17H2,1-12H3. The first-order valence-corrected chi connectivity index (χ1v) is 15.4. The topological polar surface area (TPSA) is 0 Å². The first-order valence-electron chi connectivity index (χ1n) is 15.4. The van der Waals surface area contributed by atoms with Gasteiger partial charge in [-0.15, -0.1) is 0 Å². The van der Waals surface area contributed by atoms with Gasteiger partial charge in [0, 0.05) is 0 Å². The largest absolute Gasteiger partial charge is 0.0617 e. The number of rotatable bonds is 0. The zero-order chi connectivity index (χ0) is 24.3. The Bertz CT molecular complexity index is 1240. The molecule has 0 saturated heterocycles. The molecule has 34 heavy (non-hydrogen) atoms. The van der Waals surface area contributed by atoms with Gasteiger partial charge in [0.05, 0.1) is 0 Å². The van der Waals surface area contributed by atoms with E-state index >= 15 is 0 Å². The summed E-state index contributed by atoms with van der Waals surface area (Å²) in [6, 6.07) is 0. The molecule has 0 aromatic carbocycles. The average Bonchev–Trinajstić information content (AvgIpc) is 3.45. The molecule has 0 N–H and O–H groups in total. The van der Waals surface area contributed by atoms with Gasteiger partial charge < -0.3 is 0 Å². The summed E-state index contributed by atoms with van der Waals surface area (Å²) < 4.78 is 0. The van der Waals surface area contributed by atoms with Gasteiger partial charge in [-0.25, -0.2) is 0 Å². The zero-order valence-corrected chi connectivity index (χ0v) is 24.3. The highest BCUT2D eigenvalue weighted by Crippen LogP contribution is 3.22. The molecule has 0 heterocycles. The Kier molecular flexibility index (Phi) is 2.21. The van der Waals surface area contributed by atoms with Crippen molar-refractivity contribution in [3.05, 3.63) is 0 Å². The highest BCUT2D eigenvalue weighted by atomic mass is 15.2. The van der Waals surface area contributed by atoms with Gasteiger partial charge in [-0.1, -0.05) is 83.1 Å². The lowest BCUT2D eigenvalue weighted by atomic mass is 9.17. The minimum Gasteiger partial charge on any atom is -0.0617 e. The van der Waals surface area contributed by atoms with E-state index < -0.39 is 0 Å². The Morgan fingerprint density at radius 3 is 1.85 bits per heavy atom. The molecule has 0 nitrogen and oxygen atoms in total. The molecule has 4 spiro atoms. The molecule has 12 aliphatic rings. The summed E-state index contributed by atoms with van der Waals surface area (Å²) >= 11 is 0. The van der Waals surface area contributed by atoms with Crippen LogP contribution in [0.3, 0.4) is 0 Å². The molecule has 12 aliphatic carbocycles. The summed E-state index contributed by atoms with van der Waals surface area (Å²) in [6.07, 6.45) is 7.95. The summed E-state index contributed by atoms with van der Waals surface area (Å²) in [6.45, 7) is 34.1. The van der Waals surface area contributed by atoms with Gasteiger partial charge in [0.2, 0.25) is 0 Å². The molecule has 0 aliphatic heterocycles. The fraction of sp³-hybridized carbons (Fsp3) is 1.00. The van der Waals surface area contributed by atoms with Crippen molar-refractivity contribution in [1.82, 2.24) is 0 Å². The third-order valence-electron chi connectivity index (χ3n) is 22.1. The normalized spacial score (nSPS) is 85.1. The van der Waals surface area contributed by atoms with Crippen LogP contribution in [0, 0.1) is 94.1 Å². The molecular formula is C34H50. The Balaban J connectivity index is 1.46. The van der Waals surface area contributed by atoms with Crippen LogP contribution in [-0.4, -0.2) is 0 Å².